The van der Waals surface area contributed by atoms with Gasteiger partial charge in [0.2, 0.25) is 0 Å². The molecule has 24 heavy (non-hydrogen) atoms. The number of aromatic nitrogens is 2. The fourth-order valence-corrected chi connectivity index (χ4v) is 3.43. The molecule has 4 rings (SSSR count). The normalized spacial score (nSPS) is 15.0. The molecule has 0 spiro atoms. The highest BCUT2D eigenvalue weighted by molar-refractivity contribution is 6.42. The molecular weight excluding hydrogens is 341 g/mol. The van der Waals surface area contributed by atoms with Gasteiger partial charge in [0.25, 0.3) is 0 Å². The fraction of sp³-hybridized carbons (Fsp3) is 0.263. The smallest absolute Gasteiger partial charge is 0.147 e. The predicted molar refractivity (Wildman–Crippen MR) is 101 cm³/mol. The average Bonchev–Trinajstić information content (AvgIpc) is 2.64. The van der Waals surface area contributed by atoms with Crippen molar-refractivity contribution in [2.24, 2.45) is 0 Å². The van der Waals surface area contributed by atoms with Gasteiger partial charge in [-0.1, -0.05) is 35.3 Å². The maximum Gasteiger partial charge on any atom is 0.147 e. The molecule has 0 radical (unpaired) electrons. The highest BCUT2D eigenvalue weighted by atomic mass is 35.5. The van der Waals surface area contributed by atoms with E-state index in [1.54, 1.807) is 0 Å². The SMILES string of the molecule is Clc1ccc(-c2ccc3ncc(N4CCCCC4)nc3c2)cc1Cl. The van der Waals surface area contributed by atoms with Crippen LogP contribution in [0.5, 0.6) is 0 Å². The molecule has 0 atom stereocenters. The fourth-order valence-electron chi connectivity index (χ4n) is 3.13. The van der Waals surface area contributed by atoms with Crippen molar-refractivity contribution in [1.29, 1.82) is 0 Å². The van der Waals surface area contributed by atoms with Crippen LogP contribution in [-0.4, -0.2) is 23.1 Å². The van der Waals surface area contributed by atoms with E-state index >= 15 is 0 Å². The van der Waals surface area contributed by atoms with Crippen LogP contribution < -0.4 is 4.90 Å². The predicted octanol–water partition coefficient (Wildman–Crippen LogP) is 5.59. The summed E-state index contributed by atoms with van der Waals surface area (Å²) in [7, 11) is 0. The quantitative estimate of drug-likeness (QED) is 0.598. The maximum atomic E-state index is 6.14. The first-order chi connectivity index (χ1) is 11.7. The molecule has 1 aliphatic heterocycles. The minimum absolute atomic E-state index is 0.558. The van der Waals surface area contributed by atoms with Crippen molar-refractivity contribution in [3.8, 4) is 11.1 Å². The van der Waals surface area contributed by atoms with Crippen LogP contribution in [0.3, 0.4) is 0 Å². The number of nitrogens with zero attached hydrogens (tertiary/aromatic N) is 3. The third-order valence-electron chi connectivity index (χ3n) is 4.46. The highest BCUT2D eigenvalue weighted by Crippen LogP contribution is 2.30. The lowest BCUT2D eigenvalue weighted by Gasteiger charge is -2.27. The molecule has 3 nitrogen and oxygen atoms in total. The van der Waals surface area contributed by atoms with Gasteiger partial charge >= 0.3 is 0 Å². The van der Waals surface area contributed by atoms with Crippen LogP contribution in [0.2, 0.25) is 10.0 Å². The number of rotatable bonds is 2. The highest BCUT2D eigenvalue weighted by Gasteiger charge is 2.13. The summed E-state index contributed by atoms with van der Waals surface area (Å²) in [6, 6.07) is 11.8. The number of hydrogen-bond acceptors (Lipinski definition) is 3. The molecule has 0 aliphatic carbocycles. The maximum absolute atomic E-state index is 6.14. The summed E-state index contributed by atoms with van der Waals surface area (Å²) in [5.74, 6) is 0.966. The second kappa shape index (κ2) is 6.58. The number of halogens is 2. The first kappa shape index (κ1) is 15.7. The van der Waals surface area contributed by atoms with Crippen molar-refractivity contribution in [2.45, 2.75) is 19.3 Å². The van der Waals surface area contributed by atoms with Crippen molar-refractivity contribution < 1.29 is 0 Å². The third-order valence-corrected chi connectivity index (χ3v) is 5.20. The third kappa shape index (κ3) is 3.06. The topological polar surface area (TPSA) is 29.0 Å². The van der Waals surface area contributed by atoms with E-state index in [4.69, 9.17) is 28.2 Å². The largest absolute Gasteiger partial charge is 0.355 e. The van der Waals surface area contributed by atoms with Crippen LogP contribution >= 0.6 is 23.2 Å². The zero-order chi connectivity index (χ0) is 16.5. The van der Waals surface area contributed by atoms with Crippen LogP contribution in [-0.2, 0) is 0 Å². The van der Waals surface area contributed by atoms with E-state index in [9.17, 15) is 0 Å². The van der Waals surface area contributed by atoms with E-state index in [0.29, 0.717) is 10.0 Å². The van der Waals surface area contributed by atoms with Gasteiger partial charge in [-0.2, -0.15) is 0 Å². The van der Waals surface area contributed by atoms with Gasteiger partial charge in [0, 0.05) is 13.1 Å². The Bertz CT molecular complexity index is 889. The average molecular weight is 358 g/mol. The van der Waals surface area contributed by atoms with Gasteiger partial charge in [0.15, 0.2) is 0 Å². The number of benzene rings is 2. The lowest BCUT2D eigenvalue weighted by Crippen LogP contribution is -2.30. The molecule has 1 saturated heterocycles. The molecule has 1 fully saturated rings. The molecule has 0 amide bonds. The number of piperidine rings is 1. The molecule has 5 heteroatoms. The zero-order valence-corrected chi connectivity index (χ0v) is 14.7. The first-order valence-electron chi connectivity index (χ1n) is 8.18. The lowest BCUT2D eigenvalue weighted by atomic mass is 10.1. The van der Waals surface area contributed by atoms with Gasteiger partial charge < -0.3 is 4.90 Å². The molecule has 1 aliphatic rings. The molecule has 0 bridgehead atoms. The van der Waals surface area contributed by atoms with Gasteiger partial charge in [-0.25, -0.2) is 4.98 Å². The number of anilines is 1. The molecule has 1 aromatic heterocycles. The molecule has 0 saturated carbocycles. The molecule has 2 heterocycles. The van der Waals surface area contributed by atoms with E-state index in [-0.39, 0.29) is 0 Å². The van der Waals surface area contributed by atoms with Gasteiger partial charge in [-0.15, -0.1) is 0 Å². The molecule has 0 unspecified atom stereocenters. The number of fused-ring (bicyclic) bond motifs is 1. The summed E-state index contributed by atoms with van der Waals surface area (Å²) in [6.07, 6.45) is 5.64. The van der Waals surface area contributed by atoms with E-state index in [2.05, 4.69) is 16.0 Å². The Morgan fingerprint density at radius 1 is 0.792 bits per heavy atom. The molecule has 2 aromatic carbocycles. The van der Waals surface area contributed by atoms with Crippen molar-refractivity contribution in [1.82, 2.24) is 9.97 Å². The Morgan fingerprint density at radius 2 is 1.54 bits per heavy atom. The minimum atomic E-state index is 0.558. The molecule has 0 N–H and O–H groups in total. The Kier molecular flexibility index (Phi) is 4.30. The van der Waals surface area contributed by atoms with Crippen LogP contribution in [0.4, 0.5) is 5.82 Å². The van der Waals surface area contributed by atoms with E-state index < -0.39 is 0 Å². The Hall–Kier alpha value is -1.84. The molecular formula is C19H17Cl2N3. The Labute approximate surface area is 151 Å². The second-order valence-corrected chi connectivity index (χ2v) is 6.92. The van der Waals surface area contributed by atoms with E-state index in [0.717, 1.165) is 41.1 Å². The van der Waals surface area contributed by atoms with Crippen LogP contribution in [0, 0.1) is 0 Å². The van der Waals surface area contributed by atoms with Crippen LogP contribution in [0.15, 0.2) is 42.6 Å². The van der Waals surface area contributed by atoms with Gasteiger partial charge in [0.05, 0.1) is 27.3 Å². The second-order valence-electron chi connectivity index (χ2n) is 6.11. The Balaban J connectivity index is 1.74. The molecule has 3 aromatic rings. The van der Waals surface area contributed by atoms with Crippen molar-refractivity contribution in [3.63, 3.8) is 0 Å². The minimum Gasteiger partial charge on any atom is -0.355 e. The monoisotopic (exact) mass is 357 g/mol. The van der Waals surface area contributed by atoms with Gasteiger partial charge in [0.1, 0.15) is 5.82 Å². The summed E-state index contributed by atoms with van der Waals surface area (Å²) in [4.78, 5) is 11.7. The summed E-state index contributed by atoms with van der Waals surface area (Å²) in [6.45, 7) is 2.12. The lowest BCUT2D eigenvalue weighted by molar-refractivity contribution is 0.573. The van der Waals surface area contributed by atoms with Crippen molar-refractivity contribution >= 4 is 40.1 Å². The van der Waals surface area contributed by atoms with Gasteiger partial charge in [-0.3, -0.25) is 4.98 Å². The number of hydrogen-bond donors (Lipinski definition) is 0. The van der Waals surface area contributed by atoms with Crippen LogP contribution in [0.25, 0.3) is 22.2 Å². The van der Waals surface area contributed by atoms with Crippen molar-refractivity contribution in [3.05, 3.63) is 52.6 Å². The Morgan fingerprint density at radius 3 is 2.33 bits per heavy atom. The summed E-state index contributed by atoms with van der Waals surface area (Å²) in [5, 5.41) is 1.12. The van der Waals surface area contributed by atoms with Gasteiger partial charge in [-0.05, 0) is 54.7 Å². The molecule has 122 valence electrons. The summed E-state index contributed by atoms with van der Waals surface area (Å²) < 4.78 is 0. The summed E-state index contributed by atoms with van der Waals surface area (Å²) in [5.41, 5.74) is 3.89. The first-order valence-corrected chi connectivity index (χ1v) is 8.93. The summed E-state index contributed by atoms with van der Waals surface area (Å²) >= 11 is 12.2. The standard InChI is InChI=1S/C19H17Cl2N3/c20-15-6-4-13(10-16(15)21)14-5-7-17-18(11-14)23-19(12-22-17)24-8-2-1-3-9-24/h4-7,10-12H,1-3,8-9H2. The van der Waals surface area contributed by atoms with Crippen LogP contribution in [0.1, 0.15) is 19.3 Å². The van der Waals surface area contributed by atoms with E-state index in [1.165, 1.54) is 19.3 Å². The van der Waals surface area contributed by atoms with E-state index in [1.807, 2.05) is 36.5 Å². The van der Waals surface area contributed by atoms with Crippen molar-refractivity contribution in [2.75, 3.05) is 18.0 Å². The zero-order valence-electron chi connectivity index (χ0n) is 13.2.